The second-order valence-electron chi connectivity index (χ2n) is 6.81. The lowest BCUT2D eigenvalue weighted by Crippen LogP contribution is -2.28. The van der Waals surface area contributed by atoms with Crippen molar-refractivity contribution in [2.45, 2.75) is 25.7 Å². The SMILES string of the molecule is C[C](C)CC1(c2ccccc2)C=Cc2cccc3cccc1c23. The Morgan fingerprint density at radius 2 is 1.57 bits per heavy atom. The van der Waals surface area contributed by atoms with Crippen LogP contribution in [0, 0.1) is 5.92 Å². The first-order valence-electron chi connectivity index (χ1n) is 8.27. The van der Waals surface area contributed by atoms with Gasteiger partial charge in [0.15, 0.2) is 0 Å². The Bertz CT molecular complexity index is 866. The van der Waals surface area contributed by atoms with Gasteiger partial charge in [-0.25, -0.2) is 0 Å². The molecule has 0 fully saturated rings. The Kier molecular flexibility index (Phi) is 3.34. The molecule has 113 valence electrons. The van der Waals surface area contributed by atoms with Crippen molar-refractivity contribution in [3.05, 3.63) is 95.4 Å². The quantitative estimate of drug-likeness (QED) is 0.543. The standard InChI is InChI=1S/C23H21/c1-17(2)16-23(20-11-4-3-5-12-20)15-14-19-9-6-8-18-10-7-13-21(23)22(18)19/h3-15H,16H2,1-2H3. The maximum Gasteiger partial charge on any atom is 0.0396 e. The largest absolute Gasteiger partial charge is 0.0689 e. The molecule has 1 unspecified atom stereocenters. The van der Waals surface area contributed by atoms with Gasteiger partial charge in [0.25, 0.3) is 0 Å². The fourth-order valence-electron chi connectivity index (χ4n) is 4.00. The van der Waals surface area contributed by atoms with Crippen molar-refractivity contribution in [1.82, 2.24) is 0 Å². The molecule has 0 heterocycles. The highest BCUT2D eigenvalue weighted by molar-refractivity contribution is 5.97. The van der Waals surface area contributed by atoms with Crippen LogP contribution >= 0.6 is 0 Å². The number of hydrogen-bond acceptors (Lipinski definition) is 0. The Morgan fingerprint density at radius 1 is 0.826 bits per heavy atom. The number of allylic oxidation sites excluding steroid dienone is 1. The molecule has 0 heteroatoms. The molecule has 0 saturated carbocycles. The molecule has 0 aliphatic heterocycles. The maximum absolute atomic E-state index is 2.41. The summed E-state index contributed by atoms with van der Waals surface area (Å²) in [5.74, 6) is 1.45. The third-order valence-corrected chi connectivity index (χ3v) is 4.89. The van der Waals surface area contributed by atoms with Crippen molar-refractivity contribution in [2.75, 3.05) is 0 Å². The topological polar surface area (TPSA) is 0 Å². The van der Waals surface area contributed by atoms with E-state index in [4.69, 9.17) is 0 Å². The lowest BCUT2D eigenvalue weighted by atomic mass is 9.65. The van der Waals surface area contributed by atoms with Crippen molar-refractivity contribution >= 4 is 16.8 Å². The molecule has 0 nitrogen and oxygen atoms in total. The minimum Gasteiger partial charge on any atom is -0.0689 e. The summed E-state index contributed by atoms with van der Waals surface area (Å²) in [5.41, 5.74) is 4.08. The van der Waals surface area contributed by atoms with E-state index in [0.29, 0.717) is 0 Å². The van der Waals surface area contributed by atoms with Crippen molar-refractivity contribution in [1.29, 1.82) is 0 Å². The Labute approximate surface area is 138 Å². The highest BCUT2D eigenvalue weighted by Gasteiger charge is 2.36. The molecule has 0 N–H and O–H groups in total. The average Bonchev–Trinajstić information content (AvgIpc) is 2.58. The molecule has 1 aliphatic carbocycles. The summed E-state index contributed by atoms with van der Waals surface area (Å²) in [5, 5.41) is 2.74. The van der Waals surface area contributed by atoms with Gasteiger partial charge in [-0.1, -0.05) is 92.7 Å². The molecule has 23 heavy (non-hydrogen) atoms. The molecular formula is C23H21. The Hall–Kier alpha value is -2.34. The molecule has 0 bridgehead atoms. The molecule has 3 aromatic rings. The fourth-order valence-corrected chi connectivity index (χ4v) is 4.00. The van der Waals surface area contributed by atoms with Crippen molar-refractivity contribution in [2.24, 2.45) is 0 Å². The van der Waals surface area contributed by atoms with E-state index in [2.05, 4.69) is 92.7 Å². The molecule has 1 radical (unpaired) electrons. The Balaban J connectivity index is 2.06. The van der Waals surface area contributed by atoms with Gasteiger partial charge in [-0.05, 0) is 39.8 Å². The summed E-state index contributed by atoms with van der Waals surface area (Å²) in [4.78, 5) is 0. The van der Waals surface area contributed by atoms with Gasteiger partial charge in [0.05, 0.1) is 0 Å². The third-order valence-electron chi connectivity index (χ3n) is 4.89. The van der Waals surface area contributed by atoms with Crippen LogP contribution in [0.25, 0.3) is 16.8 Å². The van der Waals surface area contributed by atoms with Gasteiger partial charge in [-0.2, -0.15) is 0 Å². The van der Waals surface area contributed by atoms with Crippen LogP contribution in [0.3, 0.4) is 0 Å². The van der Waals surface area contributed by atoms with E-state index < -0.39 is 0 Å². The van der Waals surface area contributed by atoms with Gasteiger partial charge in [0, 0.05) is 5.41 Å². The van der Waals surface area contributed by atoms with Crippen LogP contribution in [0.15, 0.2) is 72.8 Å². The number of benzene rings is 3. The number of rotatable bonds is 3. The molecule has 3 aromatic carbocycles. The van der Waals surface area contributed by atoms with Gasteiger partial charge in [0.1, 0.15) is 0 Å². The molecule has 4 rings (SSSR count). The third kappa shape index (κ3) is 2.21. The van der Waals surface area contributed by atoms with Crippen LogP contribution in [-0.4, -0.2) is 0 Å². The summed E-state index contributed by atoms with van der Waals surface area (Å²) in [7, 11) is 0. The molecule has 0 aromatic heterocycles. The van der Waals surface area contributed by atoms with E-state index in [1.165, 1.54) is 33.4 Å². The lowest BCUT2D eigenvalue weighted by Gasteiger charge is -2.37. The van der Waals surface area contributed by atoms with Crippen molar-refractivity contribution < 1.29 is 0 Å². The van der Waals surface area contributed by atoms with Crippen LogP contribution in [0.4, 0.5) is 0 Å². The Morgan fingerprint density at radius 3 is 2.30 bits per heavy atom. The second kappa shape index (κ2) is 5.38. The van der Waals surface area contributed by atoms with Gasteiger partial charge in [-0.3, -0.25) is 0 Å². The van der Waals surface area contributed by atoms with Crippen LogP contribution in [-0.2, 0) is 5.41 Å². The van der Waals surface area contributed by atoms with E-state index in [1.807, 2.05) is 0 Å². The van der Waals surface area contributed by atoms with Crippen LogP contribution in [0.1, 0.15) is 37.0 Å². The van der Waals surface area contributed by atoms with Crippen LogP contribution < -0.4 is 0 Å². The normalized spacial score (nSPS) is 19.4. The van der Waals surface area contributed by atoms with Gasteiger partial charge >= 0.3 is 0 Å². The summed E-state index contributed by atoms with van der Waals surface area (Å²) in [6.45, 7) is 4.47. The van der Waals surface area contributed by atoms with Crippen molar-refractivity contribution in [3.8, 4) is 0 Å². The molecular weight excluding hydrogens is 276 g/mol. The van der Waals surface area contributed by atoms with Gasteiger partial charge in [-0.15, -0.1) is 0 Å². The predicted octanol–water partition coefficient (Wildman–Crippen LogP) is 6.16. The fraction of sp³-hybridized carbons (Fsp3) is 0.174. The number of hydrogen-bond donors (Lipinski definition) is 0. The van der Waals surface area contributed by atoms with E-state index in [1.54, 1.807) is 0 Å². The first-order valence-corrected chi connectivity index (χ1v) is 8.27. The summed E-state index contributed by atoms with van der Waals surface area (Å²) in [6, 6.07) is 24.3. The van der Waals surface area contributed by atoms with E-state index in [9.17, 15) is 0 Å². The van der Waals surface area contributed by atoms with Crippen LogP contribution in [0.2, 0.25) is 0 Å². The van der Waals surface area contributed by atoms with E-state index >= 15 is 0 Å². The maximum atomic E-state index is 2.41. The summed E-state index contributed by atoms with van der Waals surface area (Å²) in [6.07, 6.45) is 5.76. The average molecular weight is 297 g/mol. The van der Waals surface area contributed by atoms with Gasteiger partial charge in [0.2, 0.25) is 0 Å². The molecule has 0 amide bonds. The van der Waals surface area contributed by atoms with Gasteiger partial charge < -0.3 is 0 Å². The second-order valence-corrected chi connectivity index (χ2v) is 6.81. The molecule has 1 aliphatic rings. The summed E-state index contributed by atoms with van der Waals surface area (Å²) >= 11 is 0. The van der Waals surface area contributed by atoms with Crippen LogP contribution in [0.5, 0.6) is 0 Å². The zero-order valence-electron chi connectivity index (χ0n) is 13.7. The first kappa shape index (κ1) is 14.3. The molecule has 1 atom stereocenters. The van der Waals surface area contributed by atoms with E-state index in [0.717, 1.165) is 6.42 Å². The minimum absolute atomic E-state index is 0.0616. The zero-order chi connectivity index (χ0) is 15.9. The smallest absolute Gasteiger partial charge is 0.0396 e. The zero-order valence-corrected chi connectivity index (χ0v) is 13.7. The first-order chi connectivity index (χ1) is 11.2. The molecule has 0 saturated heterocycles. The molecule has 0 spiro atoms. The van der Waals surface area contributed by atoms with E-state index in [-0.39, 0.29) is 5.41 Å². The highest BCUT2D eigenvalue weighted by Crippen LogP contribution is 2.46. The summed E-state index contributed by atoms with van der Waals surface area (Å²) < 4.78 is 0. The highest BCUT2D eigenvalue weighted by atomic mass is 14.4. The van der Waals surface area contributed by atoms with Crippen molar-refractivity contribution in [3.63, 3.8) is 0 Å². The monoisotopic (exact) mass is 297 g/mol. The predicted molar refractivity (Wildman–Crippen MR) is 99.4 cm³/mol. The lowest BCUT2D eigenvalue weighted by molar-refractivity contribution is 0.598. The minimum atomic E-state index is -0.0616.